The summed E-state index contributed by atoms with van der Waals surface area (Å²) in [5, 5.41) is 19.7. The van der Waals surface area contributed by atoms with Crippen LogP contribution in [0.2, 0.25) is 0 Å². The molecule has 1 amide bonds. The first-order chi connectivity index (χ1) is 29.1. The molecule has 16 nitrogen and oxygen atoms in total. The largest absolute Gasteiger partial charge is 0.506 e. The van der Waals surface area contributed by atoms with Crippen LogP contribution in [0.15, 0.2) is 54.7 Å². The number of aromatic hydroxyl groups is 1. The van der Waals surface area contributed by atoms with Gasteiger partial charge in [0.25, 0.3) is 0 Å². The van der Waals surface area contributed by atoms with Crippen LogP contribution in [-0.4, -0.2) is 146 Å². The number of amides is 1. The van der Waals surface area contributed by atoms with Gasteiger partial charge in [0.15, 0.2) is 5.65 Å². The summed E-state index contributed by atoms with van der Waals surface area (Å²) in [6.07, 6.45) is 2.61. The maximum absolute atomic E-state index is 15.2. The van der Waals surface area contributed by atoms with Crippen LogP contribution < -0.4 is 15.1 Å². The third-order valence-electron chi connectivity index (χ3n) is 12.5. The van der Waals surface area contributed by atoms with Gasteiger partial charge in [-0.1, -0.05) is 6.07 Å². The number of aromatic nitrogens is 7. The summed E-state index contributed by atoms with van der Waals surface area (Å²) in [6, 6.07) is 11.7. The van der Waals surface area contributed by atoms with E-state index in [2.05, 4.69) is 20.2 Å². The number of methoxy groups -OCH3 is 2. The molecule has 6 bridgehead atoms. The van der Waals surface area contributed by atoms with Crippen molar-refractivity contribution in [3.63, 3.8) is 0 Å². The zero-order chi connectivity index (χ0) is 41.4. The average Bonchev–Trinajstić information content (AvgIpc) is 3.93. The van der Waals surface area contributed by atoms with Crippen LogP contribution in [0.25, 0.3) is 39.0 Å². The highest BCUT2D eigenvalue weighted by molar-refractivity contribution is 5.94. The topological polar surface area (TPSA) is 155 Å². The number of nitrogens with one attached hydrogen (secondary N) is 1. The highest BCUT2D eigenvalue weighted by atomic mass is 19.1. The van der Waals surface area contributed by atoms with Crippen molar-refractivity contribution in [1.82, 2.24) is 44.1 Å². The number of halogens is 2. The van der Waals surface area contributed by atoms with E-state index in [1.807, 2.05) is 34.6 Å². The number of hydrogen-bond acceptors (Lipinski definition) is 13. The number of nitrogens with zero attached hydrogens (tertiary/aromatic N) is 11. The first-order valence-corrected chi connectivity index (χ1v) is 20.3. The van der Waals surface area contributed by atoms with Crippen molar-refractivity contribution >= 4 is 45.6 Å². The SMILES string of the molecule is COCCN1CC2CC(C1)N2c1nc(N2C[C@@H]3C[C@H]2C(=O)N(C)C[C@H](OC)Cn2c(C)nc4cc(F)cc(c42)-c2cccc(n2)N3)c2cnn(-c3ccc(F)cc3O)c2n1. The molecular weight excluding hydrogens is 775 g/mol. The number of ether oxygens (including phenoxy) is 2. The Morgan fingerprint density at radius 1 is 0.933 bits per heavy atom. The highest BCUT2D eigenvalue weighted by Gasteiger charge is 2.47. The van der Waals surface area contributed by atoms with E-state index in [-0.39, 0.29) is 42.0 Å². The number of carbonyl (C=O) groups is 1. The van der Waals surface area contributed by atoms with Crippen molar-refractivity contribution in [2.45, 2.75) is 56.6 Å². The number of hydrogen-bond donors (Lipinski definition) is 2. The summed E-state index contributed by atoms with van der Waals surface area (Å²) in [6.45, 7) is 5.99. The van der Waals surface area contributed by atoms with E-state index >= 15 is 4.39 Å². The minimum absolute atomic E-state index is 0.126. The Kier molecular flexibility index (Phi) is 9.52. The van der Waals surface area contributed by atoms with Gasteiger partial charge in [0, 0.05) is 89.8 Å². The van der Waals surface area contributed by atoms with E-state index in [9.17, 15) is 14.3 Å². The molecule has 0 radical (unpaired) electrons. The number of anilines is 3. The molecule has 11 rings (SSSR count). The minimum atomic E-state index is -0.666. The fourth-order valence-electron chi connectivity index (χ4n) is 9.61. The molecule has 4 fully saturated rings. The molecule has 4 saturated heterocycles. The second kappa shape index (κ2) is 14.9. The standard InChI is InChI=1S/C42H46F2N12O4/c1-23-46-33-13-25(44)12-30-32-6-5-7-37(48-32)47-26-15-35(41(58)51(2)21-29(60-4)22-53(23)38(30)33)54(18-26)39-31-17-45-56(34-9-8-24(43)14-36(34)57)40(31)50-42(49-39)55-27-16-28(55)20-52(19-27)10-11-59-3/h5-9,12-14,17,26-29,35,57H,10-11,15-16,18-22H2,1-4H3,(H,47,48)/t26-,27?,28?,29-,35-/m0/s1. The van der Waals surface area contributed by atoms with Crippen molar-refractivity contribution in [3.8, 4) is 22.7 Å². The molecule has 0 saturated carbocycles. The third kappa shape index (κ3) is 6.53. The van der Waals surface area contributed by atoms with Gasteiger partial charge in [-0.05, 0) is 50.1 Å². The summed E-state index contributed by atoms with van der Waals surface area (Å²) in [4.78, 5) is 43.3. The maximum atomic E-state index is 15.2. The third-order valence-corrected chi connectivity index (χ3v) is 12.5. The monoisotopic (exact) mass is 820 g/mol. The Bertz CT molecular complexity index is 2630. The number of piperazine rings is 1. The summed E-state index contributed by atoms with van der Waals surface area (Å²) >= 11 is 0. The van der Waals surface area contributed by atoms with Gasteiger partial charge in [0.05, 0.1) is 47.6 Å². The number of benzene rings is 2. The van der Waals surface area contributed by atoms with E-state index < -0.39 is 23.8 Å². The fraction of sp³-hybridized carbons (Fsp3) is 0.429. The van der Waals surface area contributed by atoms with Crippen LogP contribution in [0.4, 0.5) is 26.4 Å². The Morgan fingerprint density at radius 3 is 2.55 bits per heavy atom. The van der Waals surface area contributed by atoms with Gasteiger partial charge in [-0.2, -0.15) is 15.1 Å². The lowest BCUT2D eigenvalue weighted by atomic mass is 9.88. The Labute approximate surface area is 344 Å². The minimum Gasteiger partial charge on any atom is -0.506 e. The first kappa shape index (κ1) is 38.2. The molecule has 2 N–H and O–H groups in total. The molecule has 18 heteroatoms. The van der Waals surface area contributed by atoms with Crippen molar-refractivity contribution in [2.24, 2.45) is 0 Å². The van der Waals surface area contributed by atoms with Crippen molar-refractivity contribution in [1.29, 1.82) is 0 Å². The predicted molar refractivity (Wildman–Crippen MR) is 221 cm³/mol. The molecule has 5 atom stereocenters. The molecule has 2 unspecified atom stereocenters. The molecule has 60 heavy (non-hydrogen) atoms. The number of carbonyl (C=O) groups excluding carboxylic acids is 1. The molecule has 6 aromatic rings. The Hall–Kier alpha value is -5.98. The smallest absolute Gasteiger partial charge is 0.245 e. The molecule has 0 spiro atoms. The van der Waals surface area contributed by atoms with E-state index in [4.69, 9.17) is 29.4 Å². The van der Waals surface area contributed by atoms with Crippen LogP contribution in [0.1, 0.15) is 18.7 Å². The van der Waals surface area contributed by atoms with Gasteiger partial charge in [0.1, 0.15) is 46.6 Å². The Morgan fingerprint density at radius 2 is 1.77 bits per heavy atom. The van der Waals surface area contributed by atoms with Gasteiger partial charge < -0.3 is 39.2 Å². The number of aryl methyl sites for hydroxylation is 1. The molecule has 0 aliphatic carbocycles. The number of imidazole rings is 1. The quantitative estimate of drug-likeness (QED) is 0.239. The van der Waals surface area contributed by atoms with Gasteiger partial charge in [-0.3, -0.25) is 9.69 Å². The molecule has 312 valence electrons. The van der Waals surface area contributed by atoms with Gasteiger partial charge >= 0.3 is 0 Å². The zero-order valence-electron chi connectivity index (χ0n) is 33.8. The Balaban J connectivity index is 1.08. The average molecular weight is 821 g/mol. The van der Waals surface area contributed by atoms with Crippen LogP contribution in [-0.2, 0) is 20.8 Å². The molecule has 5 aliphatic heterocycles. The van der Waals surface area contributed by atoms with Crippen LogP contribution >= 0.6 is 0 Å². The molecule has 4 aromatic heterocycles. The fourth-order valence-corrected chi connectivity index (χ4v) is 9.61. The van der Waals surface area contributed by atoms with E-state index in [1.54, 1.807) is 32.4 Å². The summed E-state index contributed by atoms with van der Waals surface area (Å²) in [5.41, 5.74) is 3.11. The van der Waals surface area contributed by atoms with Gasteiger partial charge in [-0.15, -0.1) is 0 Å². The van der Waals surface area contributed by atoms with Crippen molar-refractivity contribution in [2.75, 3.05) is 75.7 Å². The van der Waals surface area contributed by atoms with Gasteiger partial charge in [0.2, 0.25) is 11.9 Å². The second-order valence-corrected chi connectivity index (χ2v) is 16.3. The second-order valence-electron chi connectivity index (χ2n) is 16.3. The number of rotatable bonds is 7. The number of phenols is 1. The number of likely N-dealkylation sites (N-methyl/N-ethyl adjacent to an activating group) is 1. The molecular formula is C42H46F2N12O4. The number of pyridine rings is 1. The highest BCUT2D eigenvalue weighted by Crippen LogP contribution is 2.40. The van der Waals surface area contributed by atoms with E-state index in [0.29, 0.717) is 77.3 Å². The predicted octanol–water partition coefficient (Wildman–Crippen LogP) is 3.98. The zero-order valence-corrected chi connectivity index (χ0v) is 33.8. The number of piperidine rings is 1. The summed E-state index contributed by atoms with van der Waals surface area (Å²) in [5.74, 6) is 0.862. The lowest BCUT2D eigenvalue weighted by Gasteiger charge is -2.56. The maximum Gasteiger partial charge on any atom is 0.245 e. The van der Waals surface area contributed by atoms with Crippen LogP contribution in [0, 0.1) is 18.6 Å². The number of phenolic OH excluding ortho intramolecular Hbond substituents is 1. The number of fused-ring (bicyclic) bond motifs is 8. The molecule has 5 aliphatic rings. The van der Waals surface area contributed by atoms with E-state index in [1.165, 1.54) is 28.9 Å². The van der Waals surface area contributed by atoms with Crippen LogP contribution in [0.3, 0.4) is 0 Å². The van der Waals surface area contributed by atoms with Crippen molar-refractivity contribution < 1.29 is 28.2 Å². The summed E-state index contributed by atoms with van der Waals surface area (Å²) in [7, 11) is 5.11. The lowest BCUT2D eigenvalue weighted by molar-refractivity contribution is -0.132. The first-order valence-electron chi connectivity index (χ1n) is 20.3. The normalized spacial score (nSPS) is 23.2. The molecule has 2 aromatic carbocycles. The van der Waals surface area contributed by atoms with Gasteiger partial charge in [-0.25, -0.2) is 23.4 Å². The molecule has 9 heterocycles. The van der Waals surface area contributed by atoms with E-state index in [0.717, 1.165) is 37.6 Å². The van der Waals surface area contributed by atoms with Crippen LogP contribution in [0.5, 0.6) is 5.75 Å². The van der Waals surface area contributed by atoms with Crippen molar-refractivity contribution in [3.05, 3.63) is 72.2 Å². The summed E-state index contributed by atoms with van der Waals surface area (Å²) < 4.78 is 44.3. The lowest BCUT2D eigenvalue weighted by Crippen LogP contribution is -2.69.